The van der Waals surface area contributed by atoms with Crippen molar-refractivity contribution in [2.45, 2.75) is 32.2 Å². The van der Waals surface area contributed by atoms with Crippen LogP contribution in [0.25, 0.3) is 0 Å². The normalized spacial score (nSPS) is 14.8. The highest BCUT2D eigenvalue weighted by atomic mass is 16.1. The first-order valence-electron chi connectivity index (χ1n) is 12.3. The van der Waals surface area contributed by atoms with Crippen LogP contribution in [0.5, 0.6) is 0 Å². The second-order valence-electron chi connectivity index (χ2n) is 9.28. The number of likely N-dealkylation sites (N-methyl/N-ethyl adjacent to an activating group) is 1. The number of pyridine rings is 1. The van der Waals surface area contributed by atoms with Gasteiger partial charge in [0.2, 0.25) is 0 Å². The van der Waals surface area contributed by atoms with Gasteiger partial charge in [0.25, 0.3) is 5.91 Å². The second kappa shape index (κ2) is 13.2. The Hall–Kier alpha value is -4.44. The second-order valence-corrected chi connectivity index (χ2v) is 9.28. The first-order chi connectivity index (χ1) is 18.2. The van der Waals surface area contributed by atoms with Gasteiger partial charge in [-0.2, -0.15) is 0 Å². The molecule has 10 nitrogen and oxygen atoms in total. The number of carbonyl (C=O) groups is 2. The molecule has 1 aliphatic heterocycles. The van der Waals surface area contributed by atoms with Gasteiger partial charge in [0.15, 0.2) is 0 Å². The van der Waals surface area contributed by atoms with Crippen molar-refractivity contribution in [3.8, 4) is 0 Å². The van der Waals surface area contributed by atoms with Crippen molar-refractivity contribution in [2.24, 2.45) is 0 Å². The van der Waals surface area contributed by atoms with Gasteiger partial charge >= 0.3 is 0 Å². The Balaban J connectivity index is 0.000000934. The van der Waals surface area contributed by atoms with Crippen molar-refractivity contribution in [1.82, 2.24) is 19.9 Å². The fourth-order valence-electron chi connectivity index (χ4n) is 4.00. The number of hydrogen-bond donors (Lipinski definition) is 4. The molecule has 1 atom stereocenters. The molecule has 38 heavy (non-hydrogen) atoms. The van der Waals surface area contributed by atoms with Gasteiger partial charge < -0.3 is 21.3 Å². The first kappa shape index (κ1) is 28.1. The number of rotatable bonds is 8. The molecule has 0 bridgehead atoms. The van der Waals surface area contributed by atoms with Crippen molar-refractivity contribution in [3.63, 3.8) is 0 Å². The van der Waals surface area contributed by atoms with Gasteiger partial charge in [-0.15, -0.1) is 0 Å². The number of aldehydes is 1. The minimum atomic E-state index is -0.262. The fourth-order valence-corrected chi connectivity index (χ4v) is 4.00. The average molecular weight is 515 g/mol. The minimum absolute atomic E-state index is 0.199. The molecule has 198 valence electrons. The van der Waals surface area contributed by atoms with E-state index >= 15 is 0 Å². The van der Waals surface area contributed by atoms with Gasteiger partial charge in [-0.25, -0.2) is 15.0 Å². The SMILES string of the molecule is C=CC=O.CC(C)c1ccnc(NC(=O)c2ccc(C(=N)c3c(N)ncnc3NC3CCN(C)C3)cc2)c1. The van der Waals surface area contributed by atoms with Crippen molar-refractivity contribution < 1.29 is 9.59 Å². The quantitative estimate of drug-likeness (QED) is 0.202. The summed E-state index contributed by atoms with van der Waals surface area (Å²) in [5.74, 6) is 1.38. The maximum atomic E-state index is 12.7. The largest absolute Gasteiger partial charge is 0.383 e. The van der Waals surface area contributed by atoms with Crippen LogP contribution in [0.15, 0.2) is 61.6 Å². The van der Waals surface area contributed by atoms with E-state index in [2.05, 4.69) is 58.0 Å². The Labute approximate surface area is 222 Å². The van der Waals surface area contributed by atoms with Gasteiger partial charge in [0, 0.05) is 29.9 Å². The summed E-state index contributed by atoms with van der Waals surface area (Å²) >= 11 is 0. The predicted octanol–water partition coefficient (Wildman–Crippen LogP) is 3.73. The molecule has 2 aromatic heterocycles. The monoisotopic (exact) mass is 514 g/mol. The van der Waals surface area contributed by atoms with Crippen molar-refractivity contribution >= 4 is 35.4 Å². The maximum Gasteiger partial charge on any atom is 0.256 e. The summed E-state index contributed by atoms with van der Waals surface area (Å²) in [6.45, 7) is 9.19. The molecule has 3 aromatic rings. The summed E-state index contributed by atoms with van der Waals surface area (Å²) in [6.07, 6.45) is 5.92. The van der Waals surface area contributed by atoms with Gasteiger partial charge in [0.05, 0.1) is 11.3 Å². The van der Waals surface area contributed by atoms with E-state index in [0.717, 1.165) is 25.1 Å². The van der Waals surface area contributed by atoms with Gasteiger partial charge in [-0.1, -0.05) is 32.6 Å². The van der Waals surface area contributed by atoms with E-state index in [4.69, 9.17) is 15.9 Å². The highest BCUT2D eigenvalue weighted by molar-refractivity contribution is 6.16. The highest BCUT2D eigenvalue weighted by Crippen LogP contribution is 2.24. The number of allylic oxidation sites excluding steroid dienone is 1. The van der Waals surface area contributed by atoms with E-state index in [1.54, 1.807) is 30.5 Å². The van der Waals surface area contributed by atoms with Crippen LogP contribution in [0, 0.1) is 5.41 Å². The smallest absolute Gasteiger partial charge is 0.256 e. The van der Waals surface area contributed by atoms with Crippen LogP contribution >= 0.6 is 0 Å². The summed E-state index contributed by atoms with van der Waals surface area (Å²) in [5.41, 5.74) is 8.99. The summed E-state index contributed by atoms with van der Waals surface area (Å²) in [5, 5.41) is 15.0. The summed E-state index contributed by atoms with van der Waals surface area (Å²) < 4.78 is 0. The maximum absolute atomic E-state index is 12.7. The lowest BCUT2D eigenvalue weighted by Crippen LogP contribution is -2.26. The zero-order valence-corrected chi connectivity index (χ0v) is 21.9. The highest BCUT2D eigenvalue weighted by Gasteiger charge is 2.23. The van der Waals surface area contributed by atoms with E-state index in [1.807, 2.05) is 12.1 Å². The number of hydrogen-bond acceptors (Lipinski definition) is 9. The molecule has 1 aromatic carbocycles. The molecule has 1 aliphatic rings. The van der Waals surface area contributed by atoms with Crippen LogP contribution in [0.3, 0.4) is 0 Å². The number of likely N-dealkylation sites (tertiary alicyclic amines) is 1. The molecular weight excluding hydrogens is 480 g/mol. The minimum Gasteiger partial charge on any atom is -0.383 e. The molecule has 0 saturated carbocycles. The molecule has 4 rings (SSSR count). The van der Waals surface area contributed by atoms with Crippen molar-refractivity contribution in [2.75, 3.05) is 36.5 Å². The third-order valence-electron chi connectivity index (χ3n) is 6.08. The number of aromatic nitrogens is 3. The van der Waals surface area contributed by atoms with Gasteiger partial charge in [0.1, 0.15) is 30.1 Å². The molecule has 0 aliphatic carbocycles. The first-order valence-corrected chi connectivity index (χ1v) is 12.3. The van der Waals surface area contributed by atoms with Crippen LogP contribution in [0.2, 0.25) is 0 Å². The third kappa shape index (κ3) is 7.30. The number of nitrogens with two attached hydrogens (primary N) is 1. The third-order valence-corrected chi connectivity index (χ3v) is 6.08. The number of nitrogens with zero attached hydrogens (tertiary/aromatic N) is 4. The number of nitrogens with one attached hydrogen (secondary N) is 3. The lowest BCUT2D eigenvalue weighted by molar-refractivity contribution is -0.104. The summed E-state index contributed by atoms with van der Waals surface area (Å²) in [4.78, 5) is 36.7. The number of nitrogen functional groups attached to an aromatic ring is 1. The zero-order chi connectivity index (χ0) is 27.7. The molecule has 5 N–H and O–H groups in total. The Morgan fingerprint density at radius 3 is 2.47 bits per heavy atom. The van der Waals surface area contributed by atoms with E-state index in [9.17, 15) is 4.79 Å². The zero-order valence-electron chi connectivity index (χ0n) is 21.9. The lowest BCUT2D eigenvalue weighted by Gasteiger charge is -2.18. The Kier molecular flexibility index (Phi) is 9.78. The number of anilines is 3. The molecule has 1 amide bonds. The van der Waals surface area contributed by atoms with E-state index in [-0.39, 0.29) is 23.5 Å². The van der Waals surface area contributed by atoms with E-state index in [1.165, 1.54) is 12.4 Å². The van der Waals surface area contributed by atoms with Gasteiger partial charge in [-0.3, -0.25) is 15.0 Å². The van der Waals surface area contributed by atoms with Crippen molar-refractivity contribution in [3.05, 3.63) is 83.8 Å². The van der Waals surface area contributed by atoms with Crippen LogP contribution in [0.1, 0.15) is 53.2 Å². The van der Waals surface area contributed by atoms with E-state index in [0.29, 0.717) is 40.5 Å². The molecule has 1 unspecified atom stereocenters. The van der Waals surface area contributed by atoms with Crippen molar-refractivity contribution in [1.29, 1.82) is 5.41 Å². The number of benzene rings is 1. The number of carbonyl (C=O) groups excluding carboxylic acids is 2. The Morgan fingerprint density at radius 2 is 1.87 bits per heavy atom. The molecule has 1 fully saturated rings. The van der Waals surface area contributed by atoms with Crippen LogP contribution in [0.4, 0.5) is 17.5 Å². The molecular formula is C28H34N8O2. The van der Waals surface area contributed by atoms with Crippen LogP contribution in [-0.2, 0) is 4.79 Å². The lowest BCUT2D eigenvalue weighted by atomic mass is 10.0. The molecule has 0 radical (unpaired) electrons. The summed E-state index contributed by atoms with van der Waals surface area (Å²) in [6, 6.07) is 10.9. The molecule has 3 heterocycles. The van der Waals surface area contributed by atoms with Crippen LogP contribution < -0.4 is 16.4 Å². The summed E-state index contributed by atoms with van der Waals surface area (Å²) in [7, 11) is 2.08. The Bertz CT molecular complexity index is 1280. The molecule has 0 spiro atoms. The Morgan fingerprint density at radius 1 is 1.18 bits per heavy atom. The standard InChI is InChI=1S/C25H30N8O.C3H4O/c1-15(2)18-8-10-28-20(12-18)32-25(34)17-6-4-16(5-7-17)22(26)21-23(27)29-14-30-24(21)31-19-9-11-33(3)13-19;1-2-3-4/h4-8,10,12,14-15,19,26H,9,11,13H2,1-3H3,(H,28,32,34)(H3,27,29,30,31);2-3H,1H2. The predicted molar refractivity (Wildman–Crippen MR) is 151 cm³/mol. The average Bonchev–Trinajstić information content (AvgIpc) is 3.33. The fraction of sp³-hybridized carbons (Fsp3) is 0.286. The number of amides is 1. The topological polar surface area (TPSA) is 150 Å². The molecule has 1 saturated heterocycles. The van der Waals surface area contributed by atoms with Gasteiger partial charge in [-0.05, 0) is 61.8 Å². The molecule has 10 heteroatoms. The van der Waals surface area contributed by atoms with Crippen LogP contribution in [-0.4, -0.2) is 63.9 Å². The van der Waals surface area contributed by atoms with E-state index < -0.39 is 0 Å².